The van der Waals surface area contributed by atoms with Crippen molar-refractivity contribution in [1.82, 2.24) is 26.6 Å². The van der Waals surface area contributed by atoms with Gasteiger partial charge in [-0.1, -0.05) is 0 Å². The first-order valence-electron chi connectivity index (χ1n) is 10.2. The van der Waals surface area contributed by atoms with Crippen LogP contribution in [0.4, 0.5) is 0 Å². The van der Waals surface area contributed by atoms with Crippen LogP contribution >= 0.6 is 0 Å². The number of carbonyl (C=O) groups is 6. The van der Waals surface area contributed by atoms with Gasteiger partial charge in [-0.3, -0.25) is 28.8 Å². The van der Waals surface area contributed by atoms with E-state index >= 15 is 0 Å². The molecular formula is C18H33N7O8. The molecule has 0 heterocycles. The quantitative estimate of drug-likeness (QED) is 0.0959. The van der Waals surface area contributed by atoms with Gasteiger partial charge in [0.2, 0.25) is 29.5 Å². The Balaban J connectivity index is 4.57. The molecule has 0 fully saturated rings. The molecule has 3 atom stereocenters. The lowest BCUT2D eigenvalue weighted by atomic mass is 10.1. The smallest absolute Gasteiger partial charge is 0.322 e. The second kappa shape index (κ2) is 16.3. The lowest BCUT2D eigenvalue weighted by Crippen LogP contribution is -2.54. The molecule has 0 aromatic rings. The first-order chi connectivity index (χ1) is 15.5. The van der Waals surface area contributed by atoms with E-state index in [1.54, 1.807) is 0 Å². The van der Waals surface area contributed by atoms with Crippen molar-refractivity contribution in [2.75, 3.05) is 32.8 Å². The molecule has 0 spiro atoms. The van der Waals surface area contributed by atoms with E-state index < -0.39 is 79.9 Å². The maximum Gasteiger partial charge on any atom is 0.322 e. The Bertz CT molecular complexity index is 703. The van der Waals surface area contributed by atoms with Crippen molar-refractivity contribution in [3.8, 4) is 0 Å². The van der Waals surface area contributed by atoms with Gasteiger partial charge in [0.1, 0.15) is 24.7 Å². The van der Waals surface area contributed by atoms with Gasteiger partial charge in [-0.25, -0.2) is 0 Å². The number of carboxylic acids is 1. The van der Waals surface area contributed by atoms with Gasteiger partial charge >= 0.3 is 5.97 Å². The Morgan fingerprint density at radius 3 is 2.00 bits per heavy atom. The zero-order valence-electron chi connectivity index (χ0n) is 18.4. The normalized spacial score (nSPS) is 13.1. The van der Waals surface area contributed by atoms with Crippen LogP contribution in [0.3, 0.4) is 0 Å². The van der Waals surface area contributed by atoms with Crippen molar-refractivity contribution in [3.63, 3.8) is 0 Å². The van der Waals surface area contributed by atoms with E-state index in [1.807, 2.05) is 0 Å². The van der Waals surface area contributed by atoms with Crippen LogP contribution in [-0.2, 0) is 28.8 Å². The maximum atomic E-state index is 12.4. The molecule has 0 rings (SSSR count). The summed E-state index contributed by atoms with van der Waals surface area (Å²) in [4.78, 5) is 70.0. The number of nitrogens with two attached hydrogens (primary N) is 2. The van der Waals surface area contributed by atoms with Crippen LogP contribution < -0.4 is 38.1 Å². The summed E-state index contributed by atoms with van der Waals surface area (Å²) < 4.78 is 0. The number of nitrogens with one attached hydrogen (secondary N) is 5. The Morgan fingerprint density at radius 2 is 1.42 bits per heavy atom. The van der Waals surface area contributed by atoms with E-state index in [1.165, 1.54) is 6.92 Å². The predicted octanol–water partition coefficient (Wildman–Crippen LogP) is -5.14. The molecule has 0 aromatic heterocycles. The Labute approximate surface area is 190 Å². The Hall–Kier alpha value is -3.30. The Kier molecular flexibility index (Phi) is 14.7. The van der Waals surface area contributed by atoms with Gasteiger partial charge in [-0.15, -0.1) is 0 Å². The van der Waals surface area contributed by atoms with Crippen molar-refractivity contribution in [2.24, 2.45) is 11.5 Å². The third kappa shape index (κ3) is 13.7. The van der Waals surface area contributed by atoms with Gasteiger partial charge in [-0.2, -0.15) is 0 Å². The van der Waals surface area contributed by atoms with Crippen LogP contribution in [0.25, 0.3) is 0 Å². The number of unbranched alkanes of at least 4 members (excludes halogenated alkanes) is 1. The highest BCUT2D eigenvalue weighted by atomic mass is 16.4. The molecule has 0 aliphatic rings. The van der Waals surface area contributed by atoms with Crippen molar-refractivity contribution in [2.45, 2.75) is 44.3 Å². The number of aliphatic carboxylic acids is 1. The van der Waals surface area contributed by atoms with Gasteiger partial charge < -0.3 is 48.3 Å². The molecule has 0 aliphatic carbocycles. The molecule has 0 aromatic carbocycles. The summed E-state index contributed by atoms with van der Waals surface area (Å²) in [7, 11) is 0. The van der Waals surface area contributed by atoms with Crippen molar-refractivity contribution < 1.29 is 39.0 Å². The molecule has 0 bridgehead atoms. The van der Waals surface area contributed by atoms with Crippen molar-refractivity contribution >= 4 is 35.5 Å². The summed E-state index contributed by atoms with van der Waals surface area (Å²) in [5, 5.41) is 28.8. The number of hydrogen-bond donors (Lipinski definition) is 9. The van der Waals surface area contributed by atoms with E-state index in [9.17, 15) is 28.8 Å². The number of rotatable bonds is 16. The van der Waals surface area contributed by atoms with Crippen LogP contribution in [0.15, 0.2) is 0 Å². The lowest BCUT2D eigenvalue weighted by molar-refractivity contribution is -0.138. The van der Waals surface area contributed by atoms with Gasteiger partial charge in [0, 0.05) is 0 Å². The zero-order chi connectivity index (χ0) is 25.4. The van der Waals surface area contributed by atoms with Gasteiger partial charge in [0.25, 0.3) is 0 Å². The van der Waals surface area contributed by atoms with Crippen LogP contribution in [0.1, 0.15) is 26.2 Å². The molecule has 0 saturated heterocycles. The molecule has 5 amide bonds. The van der Waals surface area contributed by atoms with Crippen LogP contribution in [-0.4, -0.2) is 96.6 Å². The molecule has 15 heteroatoms. The van der Waals surface area contributed by atoms with E-state index in [0.29, 0.717) is 19.4 Å². The molecule has 15 nitrogen and oxygen atoms in total. The highest BCUT2D eigenvalue weighted by Gasteiger charge is 2.24. The third-order valence-electron chi connectivity index (χ3n) is 4.17. The van der Waals surface area contributed by atoms with Gasteiger partial charge in [0.15, 0.2) is 0 Å². The average molecular weight is 476 g/mol. The third-order valence-corrected chi connectivity index (χ3v) is 4.17. The largest absolute Gasteiger partial charge is 0.480 e. The summed E-state index contributed by atoms with van der Waals surface area (Å²) >= 11 is 0. The Morgan fingerprint density at radius 1 is 0.818 bits per heavy atom. The number of carboxylic acid groups (broad SMARTS) is 1. The lowest BCUT2D eigenvalue weighted by Gasteiger charge is -2.20. The van der Waals surface area contributed by atoms with E-state index in [4.69, 9.17) is 21.7 Å². The van der Waals surface area contributed by atoms with Crippen LogP contribution in [0.2, 0.25) is 0 Å². The summed E-state index contributed by atoms with van der Waals surface area (Å²) in [6, 6.07) is -3.26. The van der Waals surface area contributed by atoms with Crippen LogP contribution in [0, 0.1) is 0 Å². The molecule has 0 aliphatic heterocycles. The molecule has 33 heavy (non-hydrogen) atoms. The fourth-order valence-corrected chi connectivity index (χ4v) is 2.33. The van der Waals surface area contributed by atoms with Crippen molar-refractivity contribution in [3.05, 3.63) is 0 Å². The van der Waals surface area contributed by atoms with Gasteiger partial charge in [0.05, 0.1) is 19.7 Å². The standard InChI is InChI=1S/C18H33N7O8/c1-10(16(31)22-6-13(27)21-8-15(29)30)24-14(28)7-23-18(33)12(4-2-3-5-19)25-17(32)11(20)9-26/h10-12,26H,2-9,19-20H2,1H3,(H,21,27)(H,22,31)(H,23,33)(H,24,28)(H,25,32)(H,29,30)/t10-,11-,12-/m0/s1. The minimum atomic E-state index is -1.24. The molecular weight excluding hydrogens is 442 g/mol. The number of aliphatic hydroxyl groups is 1. The highest BCUT2D eigenvalue weighted by Crippen LogP contribution is 2.01. The summed E-state index contributed by atoms with van der Waals surface area (Å²) in [6.45, 7) is -0.445. The average Bonchev–Trinajstić information content (AvgIpc) is 2.78. The second-order valence-electron chi connectivity index (χ2n) is 7.03. The summed E-state index contributed by atoms with van der Waals surface area (Å²) in [5.41, 5.74) is 10.9. The maximum absolute atomic E-state index is 12.4. The molecule has 188 valence electrons. The fraction of sp³-hybridized carbons (Fsp3) is 0.667. The van der Waals surface area contributed by atoms with Gasteiger partial charge in [-0.05, 0) is 32.7 Å². The first-order valence-corrected chi connectivity index (χ1v) is 10.2. The highest BCUT2D eigenvalue weighted by molar-refractivity contribution is 5.94. The van der Waals surface area contributed by atoms with E-state index in [0.717, 1.165) is 0 Å². The minimum Gasteiger partial charge on any atom is -0.480 e. The molecule has 0 unspecified atom stereocenters. The number of hydrogen-bond acceptors (Lipinski definition) is 9. The molecule has 0 radical (unpaired) electrons. The summed E-state index contributed by atoms with van der Waals surface area (Å²) in [6.07, 6.45) is 1.36. The van der Waals surface area contributed by atoms with E-state index in [-0.39, 0.29) is 6.42 Å². The fourth-order valence-electron chi connectivity index (χ4n) is 2.33. The molecule has 11 N–H and O–H groups in total. The summed E-state index contributed by atoms with van der Waals surface area (Å²) in [5.74, 6) is -4.76. The van der Waals surface area contributed by atoms with Crippen molar-refractivity contribution in [1.29, 1.82) is 0 Å². The first kappa shape index (κ1) is 29.7. The van der Waals surface area contributed by atoms with E-state index in [2.05, 4.69) is 26.6 Å². The number of amides is 5. The topological polar surface area (TPSA) is 255 Å². The monoisotopic (exact) mass is 475 g/mol. The second-order valence-corrected chi connectivity index (χ2v) is 7.03. The predicted molar refractivity (Wildman–Crippen MR) is 114 cm³/mol. The van der Waals surface area contributed by atoms with Crippen LogP contribution in [0.5, 0.6) is 0 Å². The zero-order valence-corrected chi connectivity index (χ0v) is 18.4. The molecule has 0 saturated carbocycles. The SMILES string of the molecule is C[C@H](NC(=O)CNC(=O)[C@H](CCCCN)NC(=O)[C@@H](N)CO)C(=O)NCC(=O)NCC(=O)O. The minimum absolute atomic E-state index is 0.233. The number of aliphatic hydroxyl groups excluding tert-OH is 1. The number of carbonyl (C=O) groups excluding carboxylic acids is 5.